The van der Waals surface area contributed by atoms with Crippen LogP contribution in [-0.4, -0.2) is 42.6 Å². The van der Waals surface area contributed by atoms with Gasteiger partial charge >= 0.3 is 0 Å². The number of ether oxygens (including phenoxy) is 3. The Morgan fingerprint density at radius 1 is 1.00 bits per heavy atom. The Hall–Kier alpha value is -3.81. The number of aromatic nitrogens is 2. The van der Waals surface area contributed by atoms with Gasteiger partial charge in [-0.25, -0.2) is 4.68 Å². The lowest BCUT2D eigenvalue weighted by atomic mass is 10.1. The fourth-order valence-electron chi connectivity index (χ4n) is 2.89. The van der Waals surface area contributed by atoms with Gasteiger partial charge in [0.05, 0.1) is 26.0 Å². The molecule has 0 spiro atoms. The number of carbonyl (C=O) groups excluding carboxylic acids is 1. The molecule has 3 aromatic rings. The number of methoxy groups -OCH3 is 1. The number of hydrogen-bond acceptors (Lipinski definition) is 6. The first kappa shape index (κ1) is 21.9. The molecule has 8 nitrogen and oxygen atoms in total. The van der Waals surface area contributed by atoms with Crippen molar-refractivity contribution in [1.29, 1.82) is 0 Å². The summed E-state index contributed by atoms with van der Waals surface area (Å²) in [6.07, 6.45) is 0. The van der Waals surface area contributed by atoms with E-state index in [9.17, 15) is 9.59 Å². The highest BCUT2D eigenvalue weighted by Crippen LogP contribution is 2.25. The van der Waals surface area contributed by atoms with Crippen LogP contribution in [0.5, 0.6) is 17.2 Å². The smallest absolute Gasteiger partial charge is 0.266 e. The molecule has 1 N–H and O–H groups in total. The summed E-state index contributed by atoms with van der Waals surface area (Å²) < 4.78 is 17.4. The zero-order valence-electron chi connectivity index (χ0n) is 17.5. The third-order valence-electron chi connectivity index (χ3n) is 4.40. The monoisotopic (exact) mass is 423 g/mol. The van der Waals surface area contributed by atoms with Crippen LogP contribution < -0.4 is 25.1 Å². The summed E-state index contributed by atoms with van der Waals surface area (Å²) in [6, 6.07) is 17.7. The zero-order chi connectivity index (χ0) is 22.1. The first-order chi connectivity index (χ1) is 15.1. The molecule has 0 aliphatic heterocycles. The van der Waals surface area contributed by atoms with Gasteiger partial charge in [0.2, 0.25) is 0 Å². The third kappa shape index (κ3) is 6.08. The molecule has 162 valence electrons. The van der Waals surface area contributed by atoms with Crippen LogP contribution in [0, 0.1) is 0 Å². The molecule has 1 amide bonds. The van der Waals surface area contributed by atoms with E-state index in [4.69, 9.17) is 14.2 Å². The second kappa shape index (κ2) is 10.8. The van der Waals surface area contributed by atoms with E-state index >= 15 is 0 Å². The maximum atomic E-state index is 12.1. The molecule has 0 unspecified atom stereocenters. The molecule has 31 heavy (non-hydrogen) atoms. The van der Waals surface area contributed by atoms with Crippen molar-refractivity contribution in [3.8, 4) is 28.5 Å². The molecule has 0 saturated heterocycles. The number of nitrogens with zero attached hydrogens (tertiary/aromatic N) is 2. The SMILES string of the molecule is CCOc1ccc(-c2ccc(=O)n(CCNC(=O)COc3ccccc3OC)n2)cc1. The topological polar surface area (TPSA) is 91.7 Å². The predicted molar refractivity (Wildman–Crippen MR) is 117 cm³/mol. The molecule has 0 bridgehead atoms. The highest BCUT2D eigenvalue weighted by molar-refractivity contribution is 5.77. The molecule has 0 aliphatic carbocycles. The van der Waals surface area contributed by atoms with Crippen molar-refractivity contribution in [1.82, 2.24) is 15.1 Å². The van der Waals surface area contributed by atoms with E-state index in [0.717, 1.165) is 11.3 Å². The standard InChI is InChI=1S/C23H25N3O5/c1-3-30-18-10-8-17(9-11-18)19-12-13-23(28)26(25-19)15-14-24-22(27)16-31-21-7-5-4-6-20(21)29-2/h4-13H,3,14-16H2,1-2H3,(H,24,27). The van der Waals surface area contributed by atoms with Crippen molar-refractivity contribution in [2.24, 2.45) is 0 Å². The van der Waals surface area contributed by atoms with Gasteiger partial charge in [0, 0.05) is 18.2 Å². The van der Waals surface area contributed by atoms with Crippen LogP contribution in [0.2, 0.25) is 0 Å². The molecular formula is C23H25N3O5. The van der Waals surface area contributed by atoms with Gasteiger partial charge in [-0.05, 0) is 49.4 Å². The van der Waals surface area contributed by atoms with Gasteiger partial charge in [-0.1, -0.05) is 12.1 Å². The summed E-state index contributed by atoms with van der Waals surface area (Å²) in [7, 11) is 1.54. The average molecular weight is 423 g/mol. The van der Waals surface area contributed by atoms with Crippen molar-refractivity contribution in [2.75, 3.05) is 26.9 Å². The lowest BCUT2D eigenvalue weighted by Crippen LogP contribution is -2.34. The van der Waals surface area contributed by atoms with E-state index in [-0.39, 0.29) is 31.2 Å². The van der Waals surface area contributed by atoms with E-state index in [2.05, 4.69) is 10.4 Å². The van der Waals surface area contributed by atoms with Gasteiger partial charge in [-0.2, -0.15) is 5.10 Å². The Bertz CT molecular complexity index is 1060. The number of benzene rings is 2. The number of amides is 1. The van der Waals surface area contributed by atoms with Gasteiger partial charge in [0.1, 0.15) is 5.75 Å². The Labute approximate surface area is 180 Å². The molecule has 3 rings (SSSR count). The van der Waals surface area contributed by atoms with Crippen molar-refractivity contribution in [3.63, 3.8) is 0 Å². The van der Waals surface area contributed by atoms with E-state index in [0.29, 0.717) is 23.8 Å². The summed E-state index contributed by atoms with van der Waals surface area (Å²) in [4.78, 5) is 24.2. The van der Waals surface area contributed by atoms with Crippen LogP contribution in [-0.2, 0) is 11.3 Å². The summed E-state index contributed by atoms with van der Waals surface area (Å²) in [5.74, 6) is 1.51. The molecule has 0 fully saturated rings. The molecule has 1 heterocycles. The van der Waals surface area contributed by atoms with Gasteiger partial charge in [-0.15, -0.1) is 0 Å². The predicted octanol–water partition coefficient (Wildman–Crippen LogP) is 2.51. The molecular weight excluding hydrogens is 398 g/mol. The second-order valence-corrected chi connectivity index (χ2v) is 6.53. The molecule has 0 saturated carbocycles. The normalized spacial score (nSPS) is 10.4. The highest BCUT2D eigenvalue weighted by atomic mass is 16.5. The minimum Gasteiger partial charge on any atom is -0.494 e. The van der Waals surface area contributed by atoms with Gasteiger partial charge in [-0.3, -0.25) is 9.59 Å². The maximum absolute atomic E-state index is 12.1. The first-order valence-corrected chi connectivity index (χ1v) is 9.94. The van der Waals surface area contributed by atoms with Crippen molar-refractivity contribution in [3.05, 3.63) is 71.0 Å². The number of carbonyl (C=O) groups is 1. The zero-order valence-corrected chi connectivity index (χ0v) is 17.5. The van der Waals surface area contributed by atoms with E-state index < -0.39 is 0 Å². The number of para-hydroxylation sites is 2. The fourth-order valence-corrected chi connectivity index (χ4v) is 2.89. The van der Waals surface area contributed by atoms with Crippen molar-refractivity contribution >= 4 is 5.91 Å². The van der Waals surface area contributed by atoms with E-state index in [1.165, 1.54) is 17.9 Å². The minimum absolute atomic E-state index is 0.158. The van der Waals surface area contributed by atoms with Crippen LogP contribution in [0.1, 0.15) is 6.92 Å². The largest absolute Gasteiger partial charge is 0.494 e. The Morgan fingerprint density at radius 2 is 1.74 bits per heavy atom. The first-order valence-electron chi connectivity index (χ1n) is 9.94. The summed E-state index contributed by atoms with van der Waals surface area (Å²) in [6.45, 7) is 2.85. The average Bonchev–Trinajstić information content (AvgIpc) is 2.80. The van der Waals surface area contributed by atoms with Crippen LogP contribution in [0.15, 0.2) is 65.5 Å². The van der Waals surface area contributed by atoms with Gasteiger partial charge in [0.15, 0.2) is 18.1 Å². The van der Waals surface area contributed by atoms with E-state index in [1.807, 2.05) is 37.3 Å². The minimum atomic E-state index is -0.304. The summed E-state index contributed by atoms with van der Waals surface area (Å²) in [5.41, 5.74) is 1.29. The maximum Gasteiger partial charge on any atom is 0.266 e. The Kier molecular flexibility index (Phi) is 7.64. The third-order valence-corrected chi connectivity index (χ3v) is 4.40. The van der Waals surface area contributed by atoms with Crippen LogP contribution in [0.4, 0.5) is 0 Å². The van der Waals surface area contributed by atoms with Crippen molar-refractivity contribution < 1.29 is 19.0 Å². The van der Waals surface area contributed by atoms with E-state index in [1.54, 1.807) is 24.3 Å². The van der Waals surface area contributed by atoms with Crippen molar-refractivity contribution in [2.45, 2.75) is 13.5 Å². The van der Waals surface area contributed by atoms with Crippen LogP contribution in [0.3, 0.4) is 0 Å². The van der Waals surface area contributed by atoms with Crippen LogP contribution in [0.25, 0.3) is 11.3 Å². The molecule has 1 aromatic heterocycles. The lowest BCUT2D eigenvalue weighted by Gasteiger charge is -2.11. The second-order valence-electron chi connectivity index (χ2n) is 6.53. The van der Waals surface area contributed by atoms with Crippen LogP contribution >= 0.6 is 0 Å². The van der Waals surface area contributed by atoms with Gasteiger partial charge < -0.3 is 19.5 Å². The Balaban J connectivity index is 1.54. The number of nitrogens with one attached hydrogen (secondary N) is 1. The molecule has 8 heteroatoms. The highest BCUT2D eigenvalue weighted by Gasteiger charge is 2.08. The molecule has 2 aromatic carbocycles. The molecule has 0 radical (unpaired) electrons. The van der Waals surface area contributed by atoms with Gasteiger partial charge in [0.25, 0.3) is 11.5 Å². The summed E-state index contributed by atoms with van der Waals surface area (Å²) >= 11 is 0. The molecule has 0 aliphatic rings. The fraction of sp³-hybridized carbons (Fsp3) is 0.261. The Morgan fingerprint density at radius 3 is 2.45 bits per heavy atom. The number of rotatable bonds is 10. The summed E-state index contributed by atoms with van der Waals surface area (Å²) in [5, 5.41) is 7.12. The quantitative estimate of drug-likeness (QED) is 0.539. The lowest BCUT2D eigenvalue weighted by molar-refractivity contribution is -0.123. The number of hydrogen-bond donors (Lipinski definition) is 1. The molecule has 0 atom stereocenters.